The summed E-state index contributed by atoms with van der Waals surface area (Å²) < 4.78 is 5.12. The Bertz CT molecular complexity index is 638. The first-order chi connectivity index (χ1) is 10.5. The van der Waals surface area contributed by atoms with Gasteiger partial charge in [-0.15, -0.1) is 11.3 Å². The first-order valence-corrected chi connectivity index (χ1v) is 7.68. The van der Waals surface area contributed by atoms with E-state index in [0.717, 1.165) is 4.88 Å². The van der Waals surface area contributed by atoms with Crippen molar-refractivity contribution in [2.45, 2.75) is 19.8 Å². The van der Waals surface area contributed by atoms with E-state index in [0.29, 0.717) is 18.1 Å². The van der Waals surface area contributed by atoms with E-state index in [1.54, 1.807) is 14.0 Å². The Morgan fingerprint density at radius 2 is 2.27 bits per heavy atom. The maximum Gasteiger partial charge on any atom is 0.308 e. The molecule has 0 spiro atoms. The van der Waals surface area contributed by atoms with E-state index < -0.39 is 11.9 Å². The van der Waals surface area contributed by atoms with Crippen molar-refractivity contribution in [3.8, 4) is 10.7 Å². The van der Waals surface area contributed by atoms with Gasteiger partial charge in [0.25, 0.3) is 0 Å². The van der Waals surface area contributed by atoms with Gasteiger partial charge in [0.15, 0.2) is 0 Å². The second-order valence-corrected chi connectivity index (χ2v) is 5.95. The molecule has 118 valence electrons. The number of carboxylic acids is 1. The van der Waals surface area contributed by atoms with Crippen molar-refractivity contribution in [2.24, 2.45) is 5.92 Å². The van der Waals surface area contributed by atoms with Gasteiger partial charge in [0.1, 0.15) is 0 Å². The molecule has 0 radical (unpaired) electrons. The molecule has 2 heterocycles. The first kappa shape index (κ1) is 16.2. The normalized spacial score (nSPS) is 12.1. The Balaban J connectivity index is 1.85. The molecule has 22 heavy (non-hydrogen) atoms. The van der Waals surface area contributed by atoms with Crippen LogP contribution in [0.5, 0.6) is 0 Å². The van der Waals surface area contributed by atoms with E-state index in [1.165, 1.54) is 16.2 Å². The molecule has 1 N–H and O–H groups in total. The summed E-state index contributed by atoms with van der Waals surface area (Å²) in [6.07, 6.45) is 0.540. The van der Waals surface area contributed by atoms with Gasteiger partial charge in [0, 0.05) is 26.4 Å². The van der Waals surface area contributed by atoms with E-state index in [1.807, 2.05) is 17.5 Å². The molecule has 0 aliphatic carbocycles. The summed E-state index contributed by atoms with van der Waals surface area (Å²) in [5.74, 6) is -0.745. The van der Waals surface area contributed by atoms with Gasteiger partial charge in [-0.05, 0) is 11.4 Å². The second-order valence-electron chi connectivity index (χ2n) is 5.00. The average Bonchev–Trinajstić information content (AvgIpc) is 3.15. The molecule has 1 unspecified atom stereocenters. The molecule has 1 atom stereocenters. The number of carbonyl (C=O) groups is 2. The van der Waals surface area contributed by atoms with Gasteiger partial charge >= 0.3 is 5.97 Å². The summed E-state index contributed by atoms with van der Waals surface area (Å²) in [6.45, 7) is 1.75. The third-order valence-electron chi connectivity index (χ3n) is 3.16. The Morgan fingerprint density at radius 3 is 2.91 bits per heavy atom. The molecule has 0 bridgehead atoms. The molecule has 0 saturated carbocycles. The lowest BCUT2D eigenvalue weighted by Gasteiger charge is -2.18. The number of carbonyl (C=O) groups excluding carboxylic acids is 1. The van der Waals surface area contributed by atoms with Crippen LogP contribution in [-0.2, 0) is 16.0 Å². The lowest BCUT2D eigenvalue weighted by atomic mass is 10.1. The summed E-state index contributed by atoms with van der Waals surface area (Å²) in [5, 5.41) is 14.6. The number of hydrogen-bond acceptors (Lipinski definition) is 6. The Hall–Kier alpha value is -2.22. The third kappa shape index (κ3) is 4.14. The number of aryl methyl sites for hydroxylation is 1. The number of nitrogens with zero attached hydrogens (tertiary/aromatic N) is 3. The van der Waals surface area contributed by atoms with Crippen molar-refractivity contribution < 1.29 is 19.2 Å². The molecule has 0 fully saturated rings. The topological polar surface area (TPSA) is 96.5 Å². The maximum absolute atomic E-state index is 12.0. The number of aliphatic carboxylic acids is 1. The summed E-state index contributed by atoms with van der Waals surface area (Å²) in [4.78, 5) is 29.3. The first-order valence-electron chi connectivity index (χ1n) is 6.80. The second kappa shape index (κ2) is 7.17. The smallest absolute Gasteiger partial charge is 0.308 e. The summed E-state index contributed by atoms with van der Waals surface area (Å²) in [5.41, 5.74) is 0. The standard InChI is InChI=1S/C14H17N3O4S/c1-9(14(19)20)8-17(2)12(18)6-5-11-15-13(16-21-11)10-4-3-7-22-10/h3-4,7,9H,5-6,8H2,1-2H3,(H,19,20). The minimum absolute atomic E-state index is 0.149. The van der Waals surface area contributed by atoms with Crippen LogP contribution in [0.15, 0.2) is 22.0 Å². The zero-order valence-electron chi connectivity index (χ0n) is 12.4. The predicted octanol–water partition coefficient (Wildman–Crippen LogP) is 1.91. The number of hydrogen-bond donors (Lipinski definition) is 1. The summed E-state index contributed by atoms with van der Waals surface area (Å²) in [7, 11) is 1.59. The molecule has 1 amide bonds. The minimum Gasteiger partial charge on any atom is -0.481 e. The molecular weight excluding hydrogens is 306 g/mol. The van der Waals surface area contributed by atoms with Crippen LogP contribution in [-0.4, -0.2) is 45.6 Å². The highest BCUT2D eigenvalue weighted by molar-refractivity contribution is 7.13. The lowest BCUT2D eigenvalue weighted by molar-refractivity contribution is -0.142. The molecule has 2 aromatic rings. The molecule has 0 aromatic carbocycles. The van der Waals surface area contributed by atoms with Crippen LogP contribution in [0.2, 0.25) is 0 Å². The molecule has 2 aromatic heterocycles. The van der Waals surface area contributed by atoms with Crippen molar-refractivity contribution >= 4 is 23.2 Å². The highest BCUT2D eigenvalue weighted by Crippen LogP contribution is 2.21. The highest BCUT2D eigenvalue weighted by Gasteiger charge is 2.18. The monoisotopic (exact) mass is 323 g/mol. The van der Waals surface area contributed by atoms with Gasteiger partial charge < -0.3 is 14.5 Å². The zero-order valence-corrected chi connectivity index (χ0v) is 13.2. The molecule has 8 heteroatoms. The number of aromatic nitrogens is 2. The number of thiophene rings is 1. The fourth-order valence-electron chi connectivity index (χ4n) is 1.86. The third-order valence-corrected chi connectivity index (χ3v) is 4.02. The summed E-state index contributed by atoms with van der Waals surface area (Å²) in [6, 6.07) is 3.80. The van der Waals surface area contributed by atoms with Crippen LogP contribution < -0.4 is 0 Å². The fourth-order valence-corrected chi connectivity index (χ4v) is 2.51. The molecular formula is C14H17N3O4S. The minimum atomic E-state index is -0.919. The van der Waals surface area contributed by atoms with Crippen molar-refractivity contribution in [3.63, 3.8) is 0 Å². The Morgan fingerprint density at radius 1 is 1.50 bits per heavy atom. The van der Waals surface area contributed by atoms with Crippen molar-refractivity contribution in [2.75, 3.05) is 13.6 Å². The van der Waals surface area contributed by atoms with E-state index in [4.69, 9.17) is 9.63 Å². The quantitative estimate of drug-likeness (QED) is 0.836. The Kier molecular flexibility index (Phi) is 5.26. The molecule has 0 aliphatic heterocycles. The van der Waals surface area contributed by atoms with Crippen molar-refractivity contribution in [1.29, 1.82) is 0 Å². The summed E-state index contributed by atoms with van der Waals surface area (Å²) >= 11 is 1.51. The van der Waals surface area contributed by atoms with E-state index in [2.05, 4.69) is 10.1 Å². The van der Waals surface area contributed by atoms with E-state index in [9.17, 15) is 9.59 Å². The van der Waals surface area contributed by atoms with Crippen LogP contribution in [0, 0.1) is 5.92 Å². The maximum atomic E-state index is 12.0. The van der Waals surface area contributed by atoms with Gasteiger partial charge in [0.05, 0.1) is 10.8 Å². The van der Waals surface area contributed by atoms with Crippen molar-refractivity contribution in [1.82, 2.24) is 15.0 Å². The van der Waals surface area contributed by atoms with Crippen LogP contribution >= 0.6 is 11.3 Å². The van der Waals surface area contributed by atoms with Crippen molar-refractivity contribution in [3.05, 3.63) is 23.4 Å². The van der Waals surface area contributed by atoms with Crippen LogP contribution in [0.3, 0.4) is 0 Å². The van der Waals surface area contributed by atoms with Crippen LogP contribution in [0.4, 0.5) is 0 Å². The van der Waals surface area contributed by atoms with Crippen LogP contribution in [0.25, 0.3) is 10.7 Å². The molecule has 2 rings (SSSR count). The predicted molar refractivity (Wildman–Crippen MR) is 80.4 cm³/mol. The molecule has 0 aliphatic rings. The van der Waals surface area contributed by atoms with E-state index >= 15 is 0 Å². The zero-order chi connectivity index (χ0) is 16.1. The highest BCUT2D eigenvalue weighted by atomic mass is 32.1. The number of rotatable bonds is 7. The SMILES string of the molecule is CC(CN(C)C(=O)CCc1nc(-c2cccs2)no1)C(=O)O. The van der Waals surface area contributed by atoms with Gasteiger partial charge in [-0.1, -0.05) is 18.1 Å². The van der Waals surface area contributed by atoms with Crippen LogP contribution in [0.1, 0.15) is 19.2 Å². The van der Waals surface area contributed by atoms with Gasteiger partial charge in [0.2, 0.25) is 17.6 Å². The average molecular weight is 323 g/mol. The number of amides is 1. The van der Waals surface area contributed by atoms with Gasteiger partial charge in [-0.2, -0.15) is 4.98 Å². The lowest BCUT2D eigenvalue weighted by Crippen LogP contribution is -2.33. The number of carboxylic acid groups (broad SMARTS) is 1. The van der Waals surface area contributed by atoms with Gasteiger partial charge in [-0.25, -0.2) is 0 Å². The molecule has 0 saturated heterocycles. The fraction of sp³-hybridized carbons (Fsp3) is 0.429. The largest absolute Gasteiger partial charge is 0.481 e. The van der Waals surface area contributed by atoms with Gasteiger partial charge in [-0.3, -0.25) is 9.59 Å². The van der Waals surface area contributed by atoms with E-state index in [-0.39, 0.29) is 18.9 Å². The molecule has 7 nitrogen and oxygen atoms in total. The Labute approximate surface area is 131 Å².